The fourth-order valence-corrected chi connectivity index (χ4v) is 2.47. The fraction of sp³-hybridized carbons (Fsp3) is 0.588. The number of benzene rings is 1. The molecule has 1 heterocycles. The Hall–Kier alpha value is -1.38. The van der Waals surface area contributed by atoms with E-state index in [-0.39, 0.29) is 11.9 Å². The van der Waals surface area contributed by atoms with Gasteiger partial charge in [-0.2, -0.15) is 0 Å². The minimum Gasteiger partial charge on any atom is -0.478 e. The summed E-state index contributed by atoms with van der Waals surface area (Å²) in [6, 6.07) is 6.60. The van der Waals surface area contributed by atoms with Gasteiger partial charge in [-0.1, -0.05) is 51.2 Å². The second-order valence-corrected chi connectivity index (χ2v) is 5.42. The van der Waals surface area contributed by atoms with Gasteiger partial charge in [0.1, 0.15) is 18.5 Å². The van der Waals surface area contributed by atoms with Crippen LogP contribution in [0.1, 0.15) is 63.5 Å². The molecule has 0 saturated carbocycles. The van der Waals surface area contributed by atoms with Crippen LogP contribution in [0.15, 0.2) is 29.3 Å². The third-order valence-corrected chi connectivity index (χ3v) is 3.71. The van der Waals surface area contributed by atoms with Crippen LogP contribution >= 0.6 is 0 Å². The predicted molar refractivity (Wildman–Crippen MR) is 80.5 cm³/mol. The average molecular weight is 277 g/mol. The number of nitrogens with zero attached hydrogens (tertiary/aromatic N) is 1. The van der Waals surface area contributed by atoms with E-state index in [2.05, 4.69) is 11.9 Å². The standard InChI is InChI=1S/C17H24FNO/c1-2-3-4-5-6-7-8-17-19-16(13-20-17)14-9-11-15(18)12-10-14/h9-12,16H,2-8,13H2,1H3. The number of ether oxygens (including phenoxy) is 1. The zero-order chi connectivity index (χ0) is 14.2. The van der Waals surface area contributed by atoms with Crippen LogP contribution in [0.5, 0.6) is 0 Å². The predicted octanol–water partition coefficient (Wildman–Crippen LogP) is 5.05. The van der Waals surface area contributed by atoms with Crippen molar-refractivity contribution in [1.82, 2.24) is 0 Å². The average Bonchev–Trinajstić information content (AvgIpc) is 2.92. The molecule has 1 aliphatic rings. The van der Waals surface area contributed by atoms with Crippen LogP contribution in [-0.2, 0) is 4.74 Å². The Bertz CT molecular complexity index is 427. The molecular weight excluding hydrogens is 253 g/mol. The quantitative estimate of drug-likeness (QED) is 0.609. The first kappa shape index (κ1) is 15.0. The molecule has 0 amide bonds. The molecule has 0 aromatic heterocycles. The molecule has 1 aromatic carbocycles. The smallest absolute Gasteiger partial charge is 0.184 e. The lowest BCUT2D eigenvalue weighted by Crippen LogP contribution is -1.99. The molecule has 0 fully saturated rings. The molecule has 0 bridgehead atoms. The van der Waals surface area contributed by atoms with Crippen molar-refractivity contribution in [2.24, 2.45) is 4.99 Å². The number of hydrogen-bond acceptors (Lipinski definition) is 2. The molecule has 2 rings (SSSR count). The molecule has 0 radical (unpaired) electrons. The van der Waals surface area contributed by atoms with Crippen LogP contribution < -0.4 is 0 Å². The van der Waals surface area contributed by atoms with Gasteiger partial charge in [0.05, 0.1) is 0 Å². The van der Waals surface area contributed by atoms with Crippen molar-refractivity contribution in [3.8, 4) is 0 Å². The highest BCUT2D eigenvalue weighted by Gasteiger charge is 2.19. The summed E-state index contributed by atoms with van der Waals surface area (Å²) >= 11 is 0. The van der Waals surface area contributed by atoms with Crippen LogP contribution in [-0.4, -0.2) is 12.5 Å². The molecule has 1 aliphatic heterocycles. The molecular formula is C17H24FNO. The zero-order valence-electron chi connectivity index (χ0n) is 12.3. The Morgan fingerprint density at radius 2 is 1.80 bits per heavy atom. The van der Waals surface area contributed by atoms with Gasteiger partial charge in [-0.15, -0.1) is 0 Å². The molecule has 1 unspecified atom stereocenters. The SMILES string of the molecule is CCCCCCCCC1=NC(c2ccc(F)cc2)CO1. The van der Waals surface area contributed by atoms with Gasteiger partial charge in [0.15, 0.2) is 5.90 Å². The Morgan fingerprint density at radius 3 is 2.55 bits per heavy atom. The van der Waals surface area contributed by atoms with Crippen molar-refractivity contribution < 1.29 is 9.13 Å². The van der Waals surface area contributed by atoms with E-state index in [1.165, 1.54) is 44.2 Å². The van der Waals surface area contributed by atoms with Gasteiger partial charge in [0, 0.05) is 6.42 Å². The van der Waals surface area contributed by atoms with Crippen molar-refractivity contribution in [1.29, 1.82) is 0 Å². The lowest BCUT2D eigenvalue weighted by Gasteiger charge is -2.04. The van der Waals surface area contributed by atoms with Gasteiger partial charge in [0.2, 0.25) is 0 Å². The van der Waals surface area contributed by atoms with Crippen molar-refractivity contribution in [3.05, 3.63) is 35.6 Å². The van der Waals surface area contributed by atoms with Gasteiger partial charge < -0.3 is 4.74 Å². The molecule has 1 atom stereocenters. The van der Waals surface area contributed by atoms with Crippen LogP contribution in [0, 0.1) is 5.82 Å². The first-order valence-electron chi connectivity index (χ1n) is 7.74. The van der Waals surface area contributed by atoms with Crippen LogP contribution in [0.4, 0.5) is 4.39 Å². The Kier molecular flexibility index (Phi) is 6.03. The van der Waals surface area contributed by atoms with Gasteiger partial charge >= 0.3 is 0 Å². The molecule has 3 heteroatoms. The summed E-state index contributed by atoms with van der Waals surface area (Å²) in [5.41, 5.74) is 1.03. The Morgan fingerprint density at radius 1 is 1.10 bits per heavy atom. The third-order valence-electron chi connectivity index (χ3n) is 3.71. The van der Waals surface area contributed by atoms with Gasteiger partial charge in [-0.25, -0.2) is 9.38 Å². The molecule has 2 nitrogen and oxygen atoms in total. The van der Waals surface area contributed by atoms with E-state index >= 15 is 0 Å². The normalized spacial score (nSPS) is 17.9. The summed E-state index contributed by atoms with van der Waals surface area (Å²) < 4.78 is 18.5. The maximum Gasteiger partial charge on any atom is 0.184 e. The van der Waals surface area contributed by atoms with Gasteiger partial charge in [0.25, 0.3) is 0 Å². The van der Waals surface area contributed by atoms with E-state index in [1.54, 1.807) is 12.1 Å². The van der Waals surface area contributed by atoms with Crippen molar-refractivity contribution in [3.63, 3.8) is 0 Å². The lowest BCUT2D eigenvalue weighted by atomic mass is 10.1. The Balaban J connectivity index is 1.72. The second kappa shape index (κ2) is 8.03. The number of halogens is 1. The maximum atomic E-state index is 12.9. The first-order chi connectivity index (χ1) is 9.79. The molecule has 0 aliphatic carbocycles. The second-order valence-electron chi connectivity index (χ2n) is 5.42. The van der Waals surface area contributed by atoms with Crippen LogP contribution in [0.2, 0.25) is 0 Å². The van der Waals surface area contributed by atoms with E-state index < -0.39 is 0 Å². The summed E-state index contributed by atoms with van der Waals surface area (Å²) in [6.45, 7) is 2.83. The van der Waals surface area contributed by atoms with Crippen LogP contribution in [0.25, 0.3) is 0 Å². The summed E-state index contributed by atoms with van der Waals surface area (Å²) in [6.07, 6.45) is 8.61. The van der Waals surface area contributed by atoms with E-state index in [0.717, 1.165) is 24.3 Å². The van der Waals surface area contributed by atoms with Crippen molar-refractivity contribution >= 4 is 5.90 Å². The summed E-state index contributed by atoms with van der Waals surface area (Å²) in [5.74, 6) is 0.666. The number of hydrogen-bond donors (Lipinski definition) is 0. The van der Waals surface area contributed by atoms with E-state index in [1.807, 2.05) is 0 Å². The largest absolute Gasteiger partial charge is 0.478 e. The van der Waals surface area contributed by atoms with E-state index in [0.29, 0.717) is 6.61 Å². The van der Waals surface area contributed by atoms with Crippen molar-refractivity contribution in [2.45, 2.75) is 57.9 Å². The van der Waals surface area contributed by atoms with E-state index in [4.69, 9.17) is 4.74 Å². The first-order valence-corrected chi connectivity index (χ1v) is 7.74. The molecule has 0 spiro atoms. The minimum atomic E-state index is -0.205. The topological polar surface area (TPSA) is 21.6 Å². The van der Waals surface area contributed by atoms with E-state index in [9.17, 15) is 4.39 Å². The Labute approximate surface area is 121 Å². The van der Waals surface area contributed by atoms with Crippen LogP contribution in [0.3, 0.4) is 0 Å². The molecule has 1 aromatic rings. The molecule has 110 valence electrons. The monoisotopic (exact) mass is 277 g/mol. The maximum absolute atomic E-state index is 12.9. The number of unbranched alkanes of at least 4 members (excludes halogenated alkanes) is 5. The third kappa shape index (κ3) is 4.62. The molecule has 20 heavy (non-hydrogen) atoms. The highest BCUT2D eigenvalue weighted by Crippen LogP contribution is 2.24. The highest BCUT2D eigenvalue weighted by molar-refractivity contribution is 5.77. The highest BCUT2D eigenvalue weighted by atomic mass is 19.1. The number of rotatable bonds is 8. The van der Waals surface area contributed by atoms with Gasteiger partial charge in [-0.05, 0) is 24.1 Å². The molecule has 0 saturated heterocycles. The zero-order valence-corrected chi connectivity index (χ0v) is 12.3. The summed E-state index contributed by atoms with van der Waals surface area (Å²) in [7, 11) is 0. The summed E-state index contributed by atoms with van der Waals surface area (Å²) in [5, 5.41) is 0. The fourth-order valence-electron chi connectivity index (χ4n) is 2.47. The number of aliphatic imine (C=N–C) groups is 1. The summed E-state index contributed by atoms with van der Waals surface area (Å²) in [4.78, 5) is 4.59. The van der Waals surface area contributed by atoms with Gasteiger partial charge in [-0.3, -0.25) is 0 Å². The molecule has 0 N–H and O–H groups in total. The lowest BCUT2D eigenvalue weighted by molar-refractivity contribution is 0.310. The van der Waals surface area contributed by atoms with Crippen molar-refractivity contribution in [2.75, 3.05) is 6.61 Å². The minimum absolute atomic E-state index is 0.0469.